The van der Waals surface area contributed by atoms with Crippen LogP contribution in [0.15, 0.2) is 30.3 Å². The second kappa shape index (κ2) is 8.56. The molecule has 0 saturated heterocycles. The van der Waals surface area contributed by atoms with E-state index >= 15 is 0 Å². The zero-order chi connectivity index (χ0) is 19.4. The summed E-state index contributed by atoms with van der Waals surface area (Å²) in [4.78, 5) is 25.9. The molecule has 0 fully saturated rings. The number of halogens is 2. The molecule has 0 aromatic heterocycles. The molecular formula is C20H22Cl2N2O2. The van der Waals surface area contributed by atoms with Crippen LogP contribution in [0.4, 0.5) is 11.4 Å². The summed E-state index contributed by atoms with van der Waals surface area (Å²) < 4.78 is 0. The highest BCUT2D eigenvalue weighted by Gasteiger charge is 2.17. The first kappa shape index (κ1) is 20.3. The number of aryl methyl sites for hydroxylation is 3. The van der Waals surface area contributed by atoms with Gasteiger partial charge in [-0.25, -0.2) is 0 Å². The maximum absolute atomic E-state index is 12.4. The van der Waals surface area contributed by atoms with E-state index in [-0.39, 0.29) is 24.8 Å². The van der Waals surface area contributed by atoms with Crippen LogP contribution in [0.1, 0.15) is 30.0 Å². The number of nitrogens with one attached hydrogen (secondary N) is 1. The second-order valence-electron chi connectivity index (χ2n) is 6.34. The molecule has 0 radical (unpaired) electrons. The van der Waals surface area contributed by atoms with Crippen LogP contribution in [0.5, 0.6) is 0 Å². The van der Waals surface area contributed by atoms with Gasteiger partial charge in [-0.2, -0.15) is 0 Å². The molecular weight excluding hydrogens is 371 g/mol. The van der Waals surface area contributed by atoms with Gasteiger partial charge in [0.1, 0.15) is 0 Å². The average Bonchev–Trinajstić information content (AvgIpc) is 2.52. The lowest BCUT2D eigenvalue weighted by Crippen LogP contribution is -2.32. The van der Waals surface area contributed by atoms with Gasteiger partial charge in [0.25, 0.3) is 0 Å². The fourth-order valence-corrected chi connectivity index (χ4v) is 3.45. The number of nitrogens with zero attached hydrogens (tertiary/aromatic N) is 1. The fourth-order valence-electron chi connectivity index (χ4n) is 2.94. The molecule has 1 N–H and O–H groups in total. The Hall–Kier alpha value is -2.04. The number of hydrogen-bond acceptors (Lipinski definition) is 2. The molecule has 2 rings (SSSR count). The van der Waals surface area contributed by atoms with Gasteiger partial charge < -0.3 is 10.2 Å². The van der Waals surface area contributed by atoms with Crippen molar-refractivity contribution in [3.05, 3.63) is 57.1 Å². The molecule has 2 aromatic carbocycles. The number of carbonyl (C=O) groups excluding carboxylic acids is 2. The lowest BCUT2D eigenvalue weighted by molar-refractivity contribution is -0.117. The highest BCUT2D eigenvalue weighted by atomic mass is 35.5. The molecule has 138 valence electrons. The molecule has 0 bridgehead atoms. The van der Waals surface area contributed by atoms with E-state index in [1.165, 1.54) is 11.8 Å². The average molecular weight is 393 g/mol. The van der Waals surface area contributed by atoms with Crippen LogP contribution in [-0.2, 0) is 9.59 Å². The van der Waals surface area contributed by atoms with Crippen LogP contribution in [0, 0.1) is 20.8 Å². The Labute approximate surface area is 164 Å². The Morgan fingerprint density at radius 3 is 2.19 bits per heavy atom. The van der Waals surface area contributed by atoms with Crippen LogP contribution in [-0.4, -0.2) is 18.4 Å². The molecule has 26 heavy (non-hydrogen) atoms. The summed E-state index contributed by atoms with van der Waals surface area (Å²) in [7, 11) is 0. The van der Waals surface area contributed by atoms with Crippen molar-refractivity contribution < 1.29 is 9.59 Å². The van der Waals surface area contributed by atoms with Crippen molar-refractivity contribution >= 4 is 46.4 Å². The van der Waals surface area contributed by atoms with E-state index in [0.29, 0.717) is 15.7 Å². The van der Waals surface area contributed by atoms with Crippen molar-refractivity contribution in [2.75, 3.05) is 16.8 Å². The molecule has 0 saturated carbocycles. The van der Waals surface area contributed by atoms with E-state index in [0.717, 1.165) is 22.4 Å². The number of anilines is 2. The first-order valence-electron chi connectivity index (χ1n) is 8.30. The topological polar surface area (TPSA) is 49.4 Å². The third-order valence-corrected chi connectivity index (χ3v) is 4.62. The second-order valence-corrected chi connectivity index (χ2v) is 7.18. The maximum Gasteiger partial charge on any atom is 0.226 e. The summed E-state index contributed by atoms with van der Waals surface area (Å²) in [5.41, 5.74) is 4.54. The number of benzene rings is 2. The summed E-state index contributed by atoms with van der Waals surface area (Å²) >= 11 is 12.1. The number of carbonyl (C=O) groups is 2. The summed E-state index contributed by atoms with van der Waals surface area (Å²) in [6.45, 7) is 7.62. The van der Waals surface area contributed by atoms with Crippen LogP contribution in [0.25, 0.3) is 0 Å². The molecule has 0 aliphatic carbocycles. The number of rotatable bonds is 5. The smallest absolute Gasteiger partial charge is 0.226 e. The van der Waals surface area contributed by atoms with Crippen molar-refractivity contribution in [1.29, 1.82) is 0 Å². The van der Waals surface area contributed by atoms with Gasteiger partial charge in [0, 0.05) is 30.6 Å². The van der Waals surface area contributed by atoms with E-state index in [2.05, 4.69) is 5.32 Å². The number of amides is 2. The Balaban J connectivity index is 2.10. The summed E-state index contributed by atoms with van der Waals surface area (Å²) in [5, 5.41) is 3.81. The monoisotopic (exact) mass is 392 g/mol. The van der Waals surface area contributed by atoms with Crippen LogP contribution < -0.4 is 10.2 Å². The molecule has 2 aromatic rings. The Kier molecular flexibility index (Phi) is 6.68. The standard InChI is InChI=1S/C20H22Cl2N2O2/c1-12-9-13(2)20(14(3)10-12)23-19(26)7-8-24(15(4)25)18-6-5-16(21)11-17(18)22/h5-6,9-11H,7-8H2,1-4H3,(H,23,26). The summed E-state index contributed by atoms with van der Waals surface area (Å²) in [6.07, 6.45) is 0.158. The summed E-state index contributed by atoms with van der Waals surface area (Å²) in [5.74, 6) is -0.346. The van der Waals surface area contributed by atoms with Crippen molar-refractivity contribution in [2.45, 2.75) is 34.1 Å². The van der Waals surface area contributed by atoms with Crippen molar-refractivity contribution in [3.63, 3.8) is 0 Å². The highest BCUT2D eigenvalue weighted by Crippen LogP contribution is 2.29. The van der Waals surface area contributed by atoms with Gasteiger partial charge in [-0.1, -0.05) is 40.9 Å². The molecule has 0 heterocycles. The lowest BCUT2D eigenvalue weighted by atomic mass is 10.0. The van der Waals surface area contributed by atoms with Crippen LogP contribution in [0.2, 0.25) is 10.0 Å². The lowest BCUT2D eigenvalue weighted by Gasteiger charge is -2.22. The fraction of sp³-hybridized carbons (Fsp3) is 0.300. The van der Waals surface area contributed by atoms with E-state index in [1.54, 1.807) is 18.2 Å². The minimum atomic E-state index is -0.190. The predicted molar refractivity (Wildman–Crippen MR) is 108 cm³/mol. The maximum atomic E-state index is 12.4. The Morgan fingerprint density at radius 1 is 1.04 bits per heavy atom. The largest absolute Gasteiger partial charge is 0.326 e. The van der Waals surface area contributed by atoms with Gasteiger partial charge in [-0.05, 0) is 50.1 Å². The zero-order valence-corrected chi connectivity index (χ0v) is 16.8. The zero-order valence-electron chi connectivity index (χ0n) is 15.3. The van der Waals surface area contributed by atoms with Crippen molar-refractivity contribution in [1.82, 2.24) is 0 Å². The molecule has 0 unspecified atom stereocenters. The van der Waals surface area contributed by atoms with E-state index in [4.69, 9.17) is 23.2 Å². The normalized spacial score (nSPS) is 10.5. The van der Waals surface area contributed by atoms with E-state index < -0.39 is 0 Å². The molecule has 2 amide bonds. The Morgan fingerprint density at radius 2 is 1.65 bits per heavy atom. The Bertz CT molecular complexity index is 827. The molecule has 6 heteroatoms. The van der Waals surface area contributed by atoms with Crippen molar-refractivity contribution in [3.8, 4) is 0 Å². The molecule has 4 nitrogen and oxygen atoms in total. The molecule has 0 atom stereocenters. The van der Waals surface area contributed by atoms with Gasteiger partial charge in [0.15, 0.2) is 0 Å². The van der Waals surface area contributed by atoms with Gasteiger partial charge in [0.05, 0.1) is 10.7 Å². The van der Waals surface area contributed by atoms with E-state index in [1.807, 2.05) is 32.9 Å². The molecule has 0 aliphatic heterocycles. The molecule has 0 aliphatic rings. The van der Waals surface area contributed by atoms with Gasteiger partial charge in [0.2, 0.25) is 11.8 Å². The first-order chi connectivity index (χ1) is 12.2. The van der Waals surface area contributed by atoms with Crippen molar-refractivity contribution in [2.24, 2.45) is 0 Å². The predicted octanol–water partition coefficient (Wildman–Crippen LogP) is 5.30. The van der Waals surface area contributed by atoms with Gasteiger partial charge in [-0.3, -0.25) is 9.59 Å². The third-order valence-electron chi connectivity index (χ3n) is 4.08. The number of hydrogen-bond donors (Lipinski definition) is 1. The third kappa shape index (κ3) is 4.99. The van der Waals surface area contributed by atoms with Crippen LogP contribution in [0.3, 0.4) is 0 Å². The van der Waals surface area contributed by atoms with Crippen LogP contribution >= 0.6 is 23.2 Å². The first-order valence-corrected chi connectivity index (χ1v) is 9.05. The minimum absolute atomic E-state index is 0.156. The highest BCUT2D eigenvalue weighted by molar-refractivity contribution is 6.36. The quantitative estimate of drug-likeness (QED) is 0.749. The van der Waals surface area contributed by atoms with Gasteiger partial charge in [-0.15, -0.1) is 0 Å². The minimum Gasteiger partial charge on any atom is -0.326 e. The van der Waals surface area contributed by atoms with Gasteiger partial charge >= 0.3 is 0 Å². The SMILES string of the molecule is CC(=O)N(CCC(=O)Nc1c(C)cc(C)cc1C)c1ccc(Cl)cc1Cl. The summed E-state index contributed by atoms with van der Waals surface area (Å²) in [6, 6.07) is 8.97. The molecule has 0 spiro atoms. The van der Waals surface area contributed by atoms with E-state index in [9.17, 15) is 9.59 Å².